The first-order valence-electron chi connectivity index (χ1n) is 7.00. The summed E-state index contributed by atoms with van der Waals surface area (Å²) in [7, 11) is 0. The Morgan fingerprint density at radius 2 is 2.13 bits per heavy atom. The number of hydrogen-bond acceptors (Lipinski definition) is 4. The van der Waals surface area contributed by atoms with Crippen molar-refractivity contribution in [3.63, 3.8) is 0 Å². The molecule has 0 radical (unpaired) electrons. The number of pyridine rings is 1. The number of aromatic nitrogens is 4. The summed E-state index contributed by atoms with van der Waals surface area (Å²) >= 11 is 5.97. The largest absolute Gasteiger partial charge is 0.346 e. The maximum Gasteiger partial charge on any atom is 0.274 e. The molecule has 116 valence electrons. The molecule has 0 fully saturated rings. The zero-order valence-corrected chi connectivity index (χ0v) is 13.2. The quantitative estimate of drug-likeness (QED) is 0.799. The van der Waals surface area contributed by atoms with Gasteiger partial charge in [0.25, 0.3) is 5.91 Å². The van der Waals surface area contributed by atoms with E-state index in [9.17, 15) is 4.79 Å². The van der Waals surface area contributed by atoms with E-state index in [1.54, 1.807) is 37.5 Å². The predicted octanol–water partition coefficient (Wildman–Crippen LogP) is 2.55. The van der Waals surface area contributed by atoms with Gasteiger partial charge in [-0.05, 0) is 36.8 Å². The van der Waals surface area contributed by atoms with Crippen molar-refractivity contribution in [2.45, 2.75) is 13.5 Å². The van der Waals surface area contributed by atoms with Gasteiger partial charge in [-0.15, -0.1) is 5.10 Å². The van der Waals surface area contributed by atoms with Crippen LogP contribution in [0.3, 0.4) is 0 Å². The lowest BCUT2D eigenvalue weighted by Crippen LogP contribution is -2.24. The van der Waals surface area contributed by atoms with E-state index in [2.05, 4.69) is 20.5 Å². The fourth-order valence-corrected chi connectivity index (χ4v) is 2.26. The third-order valence-electron chi connectivity index (χ3n) is 3.21. The highest BCUT2D eigenvalue weighted by Gasteiger charge is 2.16. The third kappa shape index (κ3) is 3.54. The molecule has 0 spiro atoms. The molecule has 1 N–H and O–H groups in total. The van der Waals surface area contributed by atoms with E-state index in [0.29, 0.717) is 22.9 Å². The second kappa shape index (κ2) is 6.58. The average Bonchev–Trinajstić information content (AvgIpc) is 2.96. The molecule has 3 rings (SSSR count). The van der Waals surface area contributed by atoms with Crippen molar-refractivity contribution >= 4 is 17.5 Å². The Hall–Kier alpha value is -2.73. The SMILES string of the molecule is Cc1nn(-c2cccc(Cl)c2)nc1C(=O)NCc1cccnc1. The minimum absolute atomic E-state index is 0.278. The van der Waals surface area contributed by atoms with E-state index >= 15 is 0 Å². The summed E-state index contributed by atoms with van der Waals surface area (Å²) in [6.07, 6.45) is 3.39. The number of amides is 1. The van der Waals surface area contributed by atoms with Crippen LogP contribution < -0.4 is 5.32 Å². The Morgan fingerprint density at radius 1 is 1.26 bits per heavy atom. The highest BCUT2D eigenvalue weighted by molar-refractivity contribution is 6.30. The van der Waals surface area contributed by atoms with Crippen molar-refractivity contribution in [1.82, 2.24) is 25.3 Å². The molecule has 0 saturated carbocycles. The van der Waals surface area contributed by atoms with Crippen LogP contribution in [0, 0.1) is 6.92 Å². The van der Waals surface area contributed by atoms with Gasteiger partial charge in [0, 0.05) is 24.0 Å². The van der Waals surface area contributed by atoms with Crippen molar-refractivity contribution in [2.24, 2.45) is 0 Å². The van der Waals surface area contributed by atoms with Crippen molar-refractivity contribution < 1.29 is 4.79 Å². The molecule has 1 amide bonds. The van der Waals surface area contributed by atoms with Crippen LogP contribution in [0.15, 0.2) is 48.8 Å². The van der Waals surface area contributed by atoms with Gasteiger partial charge >= 0.3 is 0 Å². The number of carbonyl (C=O) groups excluding carboxylic acids is 1. The summed E-state index contributed by atoms with van der Waals surface area (Å²) in [4.78, 5) is 17.7. The van der Waals surface area contributed by atoms with Gasteiger partial charge in [0.1, 0.15) is 0 Å². The summed E-state index contributed by atoms with van der Waals surface area (Å²) in [5.74, 6) is -0.278. The first-order chi connectivity index (χ1) is 11.1. The Kier molecular flexibility index (Phi) is 4.34. The zero-order valence-electron chi connectivity index (χ0n) is 12.4. The van der Waals surface area contributed by atoms with Gasteiger partial charge in [-0.25, -0.2) is 0 Å². The molecule has 0 atom stereocenters. The summed E-state index contributed by atoms with van der Waals surface area (Å²) in [5, 5.41) is 11.9. The first-order valence-corrected chi connectivity index (χ1v) is 7.38. The third-order valence-corrected chi connectivity index (χ3v) is 3.45. The lowest BCUT2D eigenvalue weighted by atomic mass is 10.2. The number of aryl methyl sites for hydroxylation is 1. The summed E-state index contributed by atoms with van der Waals surface area (Å²) in [5.41, 5.74) is 2.45. The van der Waals surface area contributed by atoms with Gasteiger partial charge in [0.15, 0.2) is 5.69 Å². The average molecular weight is 328 g/mol. The van der Waals surface area contributed by atoms with Crippen molar-refractivity contribution in [3.8, 4) is 5.69 Å². The Balaban J connectivity index is 1.76. The lowest BCUT2D eigenvalue weighted by molar-refractivity contribution is 0.0945. The molecule has 2 aromatic heterocycles. The Morgan fingerprint density at radius 3 is 2.87 bits per heavy atom. The van der Waals surface area contributed by atoms with Gasteiger partial charge in [-0.2, -0.15) is 9.90 Å². The summed E-state index contributed by atoms with van der Waals surface area (Å²) in [6.45, 7) is 2.13. The van der Waals surface area contributed by atoms with Gasteiger partial charge in [0.05, 0.1) is 11.4 Å². The molecule has 6 nitrogen and oxygen atoms in total. The summed E-state index contributed by atoms with van der Waals surface area (Å²) < 4.78 is 0. The number of nitrogens with one attached hydrogen (secondary N) is 1. The van der Waals surface area contributed by atoms with E-state index < -0.39 is 0 Å². The molecule has 23 heavy (non-hydrogen) atoms. The van der Waals surface area contributed by atoms with Crippen molar-refractivity contribution in [3.05, 3.63) is 70.8 Å². The number of hydrogen-bond donors (Lipinski definition) is 1. The molecule has 2 heterocycles. The van der Waals surface area contributed by atoms with E-state index in [1.165, 1.54) is 4.80 Å². The molecule has 0 aliphatic carbocycles. The zero-order chi connectivity index (χ0) is 16.2. The monoisotopic (exact) mass is 327 g/mol. The van der Waals surface area contributed by atoms with Crippen LogP contribution in [0.2, 0.25) is 5.02 Å². The van der Waals surface area contributed by atoms with Crippen LogP contribution in [-0.2, 0) is 6.54 Å². The number of benzene rings is 1. The minimum Gasteiger partial charge on any atom is -0.346 e. The first kappa shape index (κ1) is 15.2. The van der Waals surface area contributed by atoms with Crippen LogP contribution in [0.5, 0.6) is 0 Å². The molecular formula is C16H14ClN5O. The maximum atomic E-state index is 12.3. The molecule has 7 heteroatoms. The molecule has 3 aromatic rings. The van der Waals surface area contributed by atoms with Crippen LogP contribution >= 0.6 is 11.6 Å². The maximum absolute atomic E-state index is 12.3. The molecular weight excluding hydrogens is 314 g/mol. The Labute approximate surface area is 138 Å². The molecule has 0 aliphatic rings. The fraction of sp³-hybridized carbons (Fsp3) is 0.125. The molecule has 0 aliphatic heterocycles. The molecule has 0 bridgehead atoms. The summed E-state index contributed by atoms with van der Waals surface area (Å²) in [6, 6.07) is 10.8. The van der Waals surface area contributed by atoms with Gasteiger partial charge in [0.2, 0.25) is 0 Å². The van der Waals surface area contributed by atoms with Gasteiger partial charge < -0.3 is 5.32 Å². The van der Waals surface area contributed by atoms with Crippen LogP contribution in [0.1, 0.15) is 21.7 Å². The van der Waals surface area contributed by atoms with Crippen LogP contribution in [-0.4, -0.2) is 25.9 Å². The van der Waals surface area contributed by atoms with Crippen molar-refractivity contribution in [2.75, 3.05) is 0 Å². The van der Waals surface area contributed by atoms with E-state index in [4.69, 9.17) is 11.6 Å². The van der Waals surface area contributed by atoms with Crippen LogP contribution in [0.25, 0.3) is 5.69 Å². The second-order valence-electron chi connectivity index (χ2n) is 4.95. The van der Waals surface area contributed by atoms with Gasteiger partial charge in [-0.1, -0.05) is 23.7 Å². The number of carbonyl (C=O) groups is 1. The van der Waals surface area contributed by atoms with E-state index in [1.807, 2.05) is 18.2 Å². The van der Waals surface area contributed by atoms with Crippen molar-refractivity contribution in [1.29, 1.82) is 0 Å². The predicted molar refractivity (Wildman–Crippen MR) is 86.5 cm³/mol. The normalized spacial score (nSPS) is 10.5. The van der Waals surface area contributed by atoms with Crippen LogP contribution in [0.4, 0.5) is 0 Å². The minimum atomic E-state index is -0.278. The highest BCUT2D eigenvalue weighted by Crippen LogP contribution is 2.14. The standard InChI is InChI=1S/C16H14ClN5O/c1-11-15(16(23)19-10-12-4-3-7-18-9-12)21-22(20-11)14-6-2-5-13(17)8-14/h2-9H,10H2,1H3,(H,19,23). The van der Waals surface area contributed by atoms with Gasteiger partial charge in [-0.3, -0.25) is 9.78 Å². The second-order valence-corrected chi connectivity index (χ2v) is 5.38. The number of rotatable bonds is 4. The number of nitrogens with zero attached hydrogens (tertiary/aromatic N) is 4. The number of halogens is 1. The molecule has 0 saturated heterocycles. The topological polar surface area (TPSA) is 72.7 Å². The Bertz CT molecular complexity index is 831. The lowest BCUT2D eigenvalue weighted by Gasteiger charge is -2.03. The molecule has 0 unspecified atom stereocenters. The van der Waals surface area contributed by atoms with E-state index in [-0.39, 0.29) is 11.6 Å². The fourth-order valence-electron chi connectivity index (χ4n) is 2.07. The highest BCUT2D eigenvalue weighted by atomic mass is 35.5. The van der Waals surface area contributed by atoms with E-state index in [0.717, 1.165) is 5.56 Å². The molecule has 1 aromatic carbocycles. The smallest absolute Gasteiger partial charge is 0.274 e.